The Balaban J connectivity index is -0.000000214. The van der Waals surface area contributed by atoms with Crippen molar-refractivity contribution in [2.75, 3.05) is 0 Å². The van der Waals surface area contributed by atoms with E-state index < -0.39 is 13.8 Å². The van der Waals surface area contributed by atoms with E-state index in [2.05, 4.69) is 0 Å². The van der Waals surface area contributed by atoms with E-state index in [0.717, 1.165) is 0 Å². The van der Waals surface area contributed by atoms with Gasteiger partial charge < -0.3 is 24.4 Å². The number of rotatable bonds is 1. The molecule has 1 aromatic rings. The van der Waals surface area contributed by atoms with Crippen molar-refractivity contribution in [1.82, 2.24) is 0 Å². The SMILES string of the molecule is O=C(O)c1ccccc1.O=P([O-])([O-])O.[Na+].[Na+]. The smallest absolute Gasteiger partial charge is 0.790 e. The van der Waals surface area contributed by atoms with Crippen molar-refractivity contribution in [3.63, 3.8) is 0 Å². The monoisotopic (exact) mass is 264 g/mol. The quantitative estimate of drug-likeness (QED) is 0.384. The molecule has 6 nitrogen and oxygen atoms in total. The second kappa shape index (κ2) is 10.9. The van der Waals surface area contributed by atoms with Crippen LogP contribution in [0.5, 0.6) is 0 Å². The molecule has 0 atom stereocenters. The van der Waals surface area contributed by atoms with Crippen LogP contribution < -0.4 is 68.9 Å². The predicted octanol–water partition coefficient (Wildman–Crippen LogP) is -6.80. The fraction of sp³-hybridized carbons (Fsp3) is 0. The molecule has 2 N–H and O–H groups in total. The molecule has 0 aromatic heterocycles. The van der Waals surface area contributed by atoms with Gasteiger partial charge in [0, 0.05) is 0 Å². The first kappa shape index (κ1) is 22.0. The maximum Gasteiger partial charge on any atom is 1.00 e. The van der Waals surface area contributed by atoms with Crippen LogP contribution in [0.15, 0.2) is 30.3 Å². The number of hydrogen-bond donors (Lipinski definition) is 2. The van der Waals surface area contributed by atoms with E-state index in [9.17, 15) is 4.79 Å². The van der Waals surface area contributed by atoms with Crippen molar-refractivity contribution >= 4 is 13.8 Å². The summed E-state index contributed by atoms with van der Waals surface area (Å²) >= 11 is 0. The van der Waals surface area contributed by atoms with E-state index in [1.54, 1.807) is 30.3 Å². The Hall–Kier alpha value is 0.800. The summed E-state index contributed by atoms with van der Waals surface area (Å²) in [5, 5.41) is 8.38. The van der Waals surface area contributed by atoms with Crippen LogP contribution in [0.3, 0.4) is 0 Å². The molecule has 0 fully saturated rings. The van der Waals surface area contributed by atoms with Gasteiger partial charge in [0.05, 0.1) is 13.4 Å². The molecule has 78 valence electrons. The molecule has 1 rings (SSSR count). The number of aromatic carboxylic acids is 1. The van der Waals surface area contributed by atoms with Crippen molar-refractivity contribution in [1.29, 1.82) is 0 Å². The Morgan fingerprint density at radius 1 is 1.12 bits per heavy atom. The van der Waals surface area contributed by atoms with Crippen LogP contribution in [0.4, 0.5) is 0 Å². The zero-order chi connectivity index (χ0) is 11.2. The fourth-order valence-electron chi connectivity index (χ4n) is 0.581. The minimum atomic E-state index is -5.14. The number of carbonyl (C=O) groups is 1. The summed E-state index contributed by atoms with van der Waals surface area (Å²) in [7, 11) is -5.14. The van der Waals surface area contributed by atoms with Gasteiger partial charge in [0.25, 0.3) is 0 Å². The Labute approximate surface area is 137 Å². The van der Waals surface area contributed by atoms with Gasteiger partial charge in [-0.3, -0.25) is 0 Å². The van der Waals surface area contributed by atoms with Crippen LogP contribution in [-0.4, -0.2) is 16.0 Å². The van der Waals surface area contributed by atoms with E-state index >= 15 is 0 Å². The third kappa shape index (κ3) is 17.2. The van der Waals surface area contributed by atoms with Crippen molar-refractivity contribution in [3.05, 3.63) is 35.9 Å². The van der Waals surface area contributed by atoms with Gasteiger partial charge >= 0.3 is 65.1 Å². The molecule has 0 heterocycles. The van der Waals surface area contributed by atoms with Crippen molar-refractivity contribution < 1.29 is 88.3 Å². The summed E-state index contributed by atoms with van der Waals surface area (Å²) in [4.78, 5) is 34.5. The molecule has 0 aliphatic carbocycles. The van der Waals surface area contributed by atoms with Crippen LogP contribution in [-0.2, 0) is 4.57 Å². The molecule has 0 amide bonds. The maximum atomic E-state index is 10.2. The minimum Gasteiger partial charge on any atom is -0.790 e. The first-order valence-electron chi connectivity index (χ1n) is 3.34. The summed E-state index contributed by atoms with van der Waals surface area (Å²) in [6.07, 6.45) is 0. The number of carboxylic acid groups (broad SMARTS) is 1. The number of hydrogen-bond acceptors (Lipinski definition) is 4. The standard InChI is InChI=1S/C7H6O2.2Na.H3O4P/c8-7(9)6-4-2-1-3-5-6;;;1-5(2,3)4/h1-5H,(H,8,9);;;(H3,1,2,3,4)/q;2*+1;/p-2. The van der Waals surface area contributed by atoms with Gasteiger partial charge in [-0.1, -0.05) is 18.2 Å². The predicted molar refractivity (Wildman–Crippen MR) is 43.2 cm³/mol. The summed E-state index contributed by atoms with van der Waals surface area (Å²) < 4.78 is 8.66. The molecule has 0 unspecified atom stereocenters. The third-order valence-corrected chi connectivity index (χ3v) is 1.02. The first-order chi connectivity index (χ1) is 6.30. The van der Waals surface area contributed by atoms with Gasteiger partial charge in [0.1, 0.15) is 0 Å². The summed E-state index contributed by atoms with van der Waals surface area (Å²) in [5.41, 5.74) is 0.331. The normalized spacial score (nSPS) is 8.69. The molecule has 0 bridgehead atoms. The molecule has 0 aliphatic heterocycles. The summed E-state index contributed by atoms with van der Waals surface area (Å²) in [6.45, 7) is 0. The molecule has 1 aromatic carbocycles. The Morgan fingerprint density at radius 3 is 1.62 bits per heavy atom. The Kier molecular flexibility index (Phi) is 15.0. The number of carboxylic acids is 1. The van der Waals surface area contributed by atoms with Gasteiger partial charge in [-0.2, -0.15) is 0 Å². The topological polar surface area (TPSA) is 121 Å². The molecule has 0 spiro atoms. The summed E-state index contributed by atoms with van der Waals surface area (Å²) in [5.74, 6) is -0.879. The van der Waals surface area contributed by atoms with E-state index in [-0.39, 0.29) is 59.1 Å². The second-order valence-corrected chi connectivity index (χ2v) is 3.08. The fourth-order valence-corrected chi connectivity index (χ4v) is 0.581. The number of benzene rings is 1. The number of phosphoric acid groups is 1. The Morgan fingerprint density at radius 2 is 1.44 bits per heavy atom. The molecular formula is C7H7Na2O6P. The molecule has 16 heavy (non-hydrogen) atoms. The van der Waals surface area contributed by atoms with Crippen LogP contribution in [0.1, 0.15) is 10.4 Å². The zero-order valence-electron chi connectivity index (χ0n) is 8.86. The van der Waals surface area contributed by atoms with Gasteiger partial charge in [0.15, 0.2) is 0 Å². The van der Waals surface area contributed by atoms with Crippen LogP contribution in [0.25, 0.3) is 0 Å². The second-order valence-electron chi connectivity index (χ2n) is 2.14. The van der Waals surface area contributed by atoms with Gasteiger partial charge in [-0.25, -0.2) is 4.79 Å². The molecule has 0 radical (unpaired) electrons. The van der Waals surface area contributed by atoms with Crippen LogP contribution in [0.2, 0.25) is 0 Å². The maximum absolute atomic E-state index is 10.2. The minimum absolute atomic E-state index is 0. The average Bonchev–Trinajstić information content (AvgIpc) is 2.03. The van der Waals surface area contributed by atoms with Crippen molar-refractivity contribution in [2.45, 2.75) is 0 Å². The molecule has 0 saturated heterocycles. The van der Waals surface area contributed by atoms with Crippen molar-refractivity contribution in [3.8, 4) is 0 Å². The Bertz CT molecular complexity index is 330. The van der Waals surface area contributed by atoms with Crippen molar-refractivity contribution in [2.24, 2.45) is 0 Å². The summed E-state index contributed by atoms with van der Waals surface area (Å²) in [6, 6.07) is 8.30. The van der Waals surface area contributed by atoms with E-state index in [4.69, 9.17) is 24.4 Å². The van der Waals surface area contributed by atoms with Gasteiger partial charge in [-0.15, -0.1) is 0 Å². The van der Waals surface area contributed by atoms with Gasteiger partial charge in [0.2, 0.25) is 0 Å². The zero-order valence-corrected chi connectivity index (χ0v) is 13.8. The molecule has 9 heteroatoms. The largest absolute Gasteiger partial charge is 1.00 e. The molecular weight excluding hydrogens is 257 g/mol. The van der Waals surface area contributed by atoms with Gasteiger partial charge in [-0.05, 0) is 12.1 Å². The molecule has 0 saturated carbocycles. The van der Waals surface area contributed by atoms with Crippen LogP contribution in [0, 0.1) is 0 Å². The average molecular weight is 264 g/mol. The first-order valence-corrected chi connectivity index (χ1v) is 4.83. The third-order valence-electron chi connectivity index (χ3n) is 1.02. The van der Waals surface area contributed by atoms with Crippen LogP contribution >= 0.6 is 7.82 Å². The van der Waals surface area contributed by atoms with E-state index in [0.29, 0.717) is 5.56 Å². The van der Waals surface area contributed by atoms with E-state index in [1.165, 1.54) is 0 Å². The molecule has 0 aliphatic rings. The van der Waals surface area contributed by atoms with E-state index in [1.807, 2.05) is 0 Å².